The maximum absolute atomic E-state index is 11.5. The van der Waals surface area contributed by atoms with Gasteiger partial charge in [-0.05, 0) is 11.3 Å². The number of hydrogen-bond acceptors (Lipinski definition) is 5. The van der Waals surface area contributed by atoms with E-state index in [9.17, 15) is 4.79 Å². The second-order valence-electron chi connectivity index (χ2n) is 4.84. The van der Waals surface area contributed by atoms with E-state index in [0.717, 1.165) is 4.88 Å². The average Bonchev–Trinajstić information content (AvgIpc) is 2.56. The third-order valence-electron chi connectivity index (χ3n) is 2.74. The summed E-state index contributed by atoms with van der Waals surface area (Å²) < 4.78 is 4.70. The van der Waals surface area contributed by atoms with Crippen LogP contribution in [0.1, 0.15) is 49.0 Å². The Morgan fingerprint density at radius 3 is 2.50 bits per heavy atom. The van der Waals surface area contributed by atoms with Gasteiger partial charge in [0.25, 0.3) is 0 Å². The third-order valence-corrected chi connectivity index (χ3v) is 3.81. The predicted molar refractivity (Wildman–Crippen MR) is 65.7 cm³/mol. The summed E-state index contributed by atoms with van der Waals surface area (Å²) in [6.45, 7) is 8.43. The van der Waals surface area contributed by atoms with Gasteiger partial charge >= 0.3 is 5.97 Å². The molecular weight excluding hydrogens is 224 g/mol. The predicted octanol–water partition coefficient (Wildman–Crippen LogP) is 2.66. The monoisotopic (exact) mass is 242 g/mol. The third kappa shape index (κ3) is 2.52. The Kier molecular flexibility index (Phi) is 3.57. The Labute approximate surface area is 99.8 Å². The van der Waals surface area contributed by atoms with Crippen LogP contribution in [0, 0.1) is 5.41 Å². The molecule has 0 aliphatic rings. The minimum absolute atomic E-state index is 0.0573. The van der Waals surface area contributed by atoms with Crippen LogP contribution < -0.4 is 5.73 Å². The lowest BCUT2D eigenvalue weighted by Crippen LogP contribution is -2.17. The van der Waals surface area contributed by atoms with Gasteiger partial charge in [0.05, 0.1) is 7.11 Å². The molecule has 0 radical (unpaired) electrons. The summed E-state index contributed by atoms with van der Waals surface area (Å²) in [5.41, 5.74) is 6.06. The molecule has 16 heavy (non-hydrogen) atoms. The molecule has 0 spiro atoms. The molecule has 0 fully saturated rings. The van der Waals surface area contributed by atoms with Crippen LogP contribution in [0.4, 0.5) is 5.13 Å². The highest BCUT2D eigenvalue weighted by Gasteiger charge is 2.29. The number of ether oxygens (including phenoxy) is 1. The Morgan fingerprint density at radius 1 is 1.50 bits per heavy atom. The Morgan fingerprint density at radius 2 is 2.06 bits per heavy atom. The number of nitrogen functional groups attached to an aromatic ring is 1. The molecule has 1 aromatic heterocycles. The summed E-state index contributed by atoms with van der Waals surface area (Å²) in [6, 6.07) is 0. The van der Waals surface area contributed by atoms with E-state index in [-0.39, 0.29) is 11.3 Å². The van der Waals surface area contributed by atoms with Crippen molar-refractivity contribution in [1.82, 2.24) is 4.98 Å². The summed E-state index contributed by atoms with van der Waals surface area (Å²) in [5, 5.41) is 0.409. The molecule has 5 heteroatoms. The fourth-order valence-electron chi connectivity index (χ4n) is 1.28. The van der Waals surface area contributed by atoms with Crippen LogP contribution in [0.25, 0.3) is 0 Å². The van der Waals surface area contributed by atoms with Crippen LogP contribution in [0.5, 0.6) is 0 Å². The highest BCUT2D eigenvalue weighted by molar-refractivity contribution is 7.15. The number of esters is 1. The van der Waals surface area contributed by atoms with Gasteiger partial charge in [-0.3, -0.25) is 0 Å². The van der Waals surface area contributed by atoms with E-state index < -0.39 is 5.97 Å². The quantitative estimate of drug-likeness (QED) is 0.810. The maximum Gasteiger partial charge on any atom is 0.357 e. The number of nitrogens with two attached hydrogens (primary N) is 1. The molecule has 0 aromatic carbocycles. The van der Waals surface area contributed by atoms with Crippen LogP contribution >= 0.6 is 11.3 Å². The summed E-state index contributed by atoms with van der Waals surface area (Å²) in [7, 11) is 1.35. The van der Waals surface area contributed by atoms with Crippen molar-refractivity contribution in [1.29, 1.82) is 0 Å². The Balaban J connectivity index is 3.18. The molecule has 1 heterocycles. The molecule has 0 aliphatic heterocycles. The standard InChI is InChI=1S/C11H18N2O2S/c1-6(11(2,3)4)8-7(9(14)15-5)13-10(12)16-8/h6H,1-5H3,(H2,12,13). The summed E-state index contributed by atoms with van der Waals surface area (Å²) in [6.07, 6.45) is 0. The molecule has 1 atom stereocenters. The lowest BCUT2D eigenvalue weighted by Gasteiger charge is -2.26. The fraction of sp³-hybridized carbons (Fsp3) is 0.636. The molecule has 1 unspecified atom stereocenters. The van der Waals surface area contributed by atoms with Gasteiger partial charge in [-0.15, -0.1) is 11.3 Å². The number of hydrogen-bond donors (Lipinski definition) is 1. The van der Waals surface area contributed by atoms with E-state index in [1.807, 2.05) is 0 Å². The molecule has 4 nitrogen and oxygen atoms in total. The molecule has 0 saturated carbocycles. The smallest absolute Gasteiger partial charge is 0.357 e. The average molecular weight is 242 g/mol. The van der Waals surface area contributed by atoms with Crippen molar-refractivity contribution in [3.8, 4) is 0 Å². The van der Waals surface area contributed by atoms with Crippen molar-refractivity contribution in [2.24, 2.45) is 5.41 Å². The summed E-state index contributed by atoms with van der Waals surface area (Å²) in [4.78, 5) is 16.5. The zero-order valence-corrected chi connectivity index (χ0v) is 11.1. The lowest BCUT2D eigenvalue weighted by atomic mass is 9.81. The number of thiazole rings is 1. The molecule has 0 saturated heterocycles. The first kappa shape index (κ1) is 13.0. The minimum Gasteiger partial charge on any atom is -0.464 e. The van der Waals surface area contributed by atoms with E-state index >= 15 is 0 Å². The molecule has 0 amide bonds. The number of carbonyl (C=O) groups excluding carboxylic acids is 1. The lowest BCUT2D eigenvalue weighted by molar-refractivity contribution is 0.0592. The van der Waals surface area contributed by atoms with Gasteiger partial charge in [-0.1, -0.05) is 27.7 Å². The molecule has 1 aromatic rings. The van der Waals surface area contributed by atoms with Crippen LogP contribution in [0.2, 0.25) is 0 Å². The second kappa shape index (κ2) is 4.41. The summed E-state index contributed by atoms with van der Waals surface area (Å²) in [5.74, 6) is -0.213. The van der Waals surface area contributed by atoms with E-state index in [4.69, 9.17) is 10.5 Å². The van der Waals surface area contributed by atoms with Crippen molar-refractivity contribution in [2.75, 3.05) is 12.8 Å². The van der Waals surface area contributed by atoms with Crippen LogP contribution in [-0.2, 0) is 4.74 Å². The number of nitrogens with zero attached hydrogens (tertiary/aromatic N) is 1. The zero-order valence-electron chi connectivity index (χ0n) is 10.3. The highest BCUT2D eigenvalue weighted by Crippen LogP contribution is 2.39. The minimum atomic E-state index is -0.418. The summed E-state index contributed by atoms with van der Waals surface area (Å²) >= 11 is 1.36. The van der Waals surface area contributed by atoms with Gasteiger partial charge in [0, 0.05) is 4.88 Å². The second-order valence-corrected chi connectivity index (χ2v) is 5.91. The van der Waals surface area contributed by atoms with Crippen LogP contribution in [0.15, 0.2) is 0 Å². The van der Waals surface area contributed by atoms with E-state index in [0.29, 0.717) is 10.8 Å². The van der Waals surface area contributed by atoms with Crippen molar-refractivity contribution >= 4 is 22.4 Å². The molecule has 2 N–H and O–H groups in total. The first-order chi connectivity index (χ1) is 7.27. The van der Waals surface area contributed by atoms with Gasteiger partial charge < -0.3 is 10.5 Å². The molecule has 90 valence electrons. The maximum atomic E-state index is 11.5. The van der Waals surface area contributed by atoms with Crippen LogP contribution in [0.3, 0.4) is 0 Å². The van der Waals surface area contributed by atoms with E-state index in [2.05, 4.69) is 32.7 Å². The largest absolute Gasteiger partial charge is 0.464 e. The zero-order chi connectivity index (χ0) is 12.5. The first-order valence-electron chi connectivity index (χ1n) is 5.12. The van der Waals surface area contributed by atoms with E-state index in [1.165, 1.54) is 18.4 Å². The number of rotatable bonds is 2. The van der Waals surface area contributed by atoms with Gasteiger partial charge in [0.1, 0.15) is 0 Å². The number of carbonyl (C=O) groups is 1. The molecule has 0 bridgehead atoms. The van der Waals surface area contributed by atoms with E-state index in [1.54, 1.807) is 0 Å². The highest BCUT2D eigenvalue weighted by atomic mass is 32.1. The fourth-order valence-corrected chi connectivity index (χ4v) is 2.40. The van der Waals surface area contributed by atoms with Crippen molar-refractivity contribution in [3.63, 3.8) is 0 Å². The van der Waals surface area contributed by atoms with Gasteiger partial charge in [0.15, 0.2) is 10.8 Å². The number of aromatic nitrogens is 1. The topological polar surface area (TPSA) is 65.2 Å². The SMILES string of the molecule is COC(=O)c1nc(N)sc1C(C)C(C)(C)C. The normalized spacial score (nSPS) is 13.6. The Hall–Kier alpha value is -1.10. The van der Waals surface area contributed by atoms with Gasteiger partial charge in [0.2, 0.25) is 0 Å². The molecule has 1 rings (SSSR count). The Bertz CT molecular complexity index is 393. The van der Waals surface area contributed by atoms with Crippen molar-refractivity contribution in [3.05, 3.63) is 10.6 Å². The number of methoxy groups -OCH3 is 1. The molecule has 0 aliphatic carbocycles. The van der Waals surface area contributed by atoms with Crippen LogP contribution in [-0.4, -0.2) is 18.1 Å². The van der Waals surface area contributed by atoms with Gasteiger partial charge in [-0.25, -0.2) is 9.78 Å². The molecular formula is C11H18N2O2S. The number of anilines is 1. The van der Waals surface area contributed by atoms with Crippen molar-refractivity contribution < 1.29 is 9.53 Å². The first-order valence-corrected chi connectivity index (χ1v) is 5.93. The van der Waals surface area contributed by atoms with Crippen molar-refractivity contribution in [2.45, 2.75) is 33.6 Å². The van der Waals surface area contributed by atoms with Gasteiger partial charge in [-0.2, -0.15) is 0 Å².